The molecule has 0 bridgehead atoms. The molecule has 4 heteroatoms. The van der Waals surface area contributed by atoms with Gasteiger partial charge in [0.25, 0.3) is 0 Å². The van der Waals surface area contributed by atoms with E-state index in [0.717, 1.165) is 28.0 Å². The minimum absolute atomic E-state index is 0.177. The summed E-state index contributed by atoms with van der Waals surface area (Å²) in [5, 5.41) is 2.43. The van der Waals surface area contributed by atoms with Gasteiger partial charge in [0, 0.05) is 39.2 Å². The van der Waals surface area contributed by atoms with Gasteiger partial charge in [0.1, 0.15) is 0 Å². The summed E-state index contributed by atoms with van der Waals surface area (Å²) in [6.07, 6.45) is 2.30. The molecular formula is C35H26N4. The molecule has 3 aromatic heterocycles. The number of rotatable bonds is 3. The summed E-state index contributed by atoms with van der Waals surface area (Å²) in [5.74, 6) is 0.683. The lowest BCUT2D eigenvalue weighted by Crippen LogP contribution is -2.17. The maximum Gasteiger partial charge on any atom is 0.235 e. The van der Waals surface area contributed by atoms with Crippen molar-refractivity contribution in [3.8, 4) is 34.2 Å². The van der Waals surface area contributed by atoms with E-state index in [2.05, 4.69) is 132 Å². The maximum atomic E-state index is 5.22. The van der Waals surface area contributed by atoms with Crippen molar-refractivity contribution in [1.29, 1.82) is 0 Å². The van der Waals surface area contributed by atoms with Crippen LogP contribution in [0.2, 0.25) is 0 Å². The molecule has 0 amide bonds. The van der Waals surface area contributed by atoms with E-state index in [1.54, 1.807) is 0 Å². The van der Waals surface area contributed by atoms with Crippen molar-refractivity contribution in [2.45, 2.75) is 19.3 Å². The molecule has 4 heterocycles. The van der Waals surface area contributed by atoms with Crippen molar-refractivity contribution in [1.82, 2.24) is 19.1 Å². The Morgan fingerprint density at radius 2 is 1.21 bits per heavy atom. The van der Waals surface area contributed by atoms with Crippen LogP contribution >= 0.6 is 0 Å². The van der Waals surface area contributed by atoms with Crippen LogP contribution in [0, 0.1) is 0 Å². The van der Waals surface area contributed by atoms with Crippen LogP contribution < -0.4 is 0 Å². The summed E-state index contributed by atoms with van der Waals surface area (Å²) in [6.45, 7) is 4.64. The first kappa shape index (κ1) is 22.1. The predicted octanol–water partition coefficient (Wildman–Crippen LogP) is 8.34. The van der Waals surface area contributed by atoms with Crippen LogP contribution in [0.15, 0.2) is 121 Å². The van der Waals surface area contributed by atoms with Gasteiger partial charge in [0.2, 0.25) is 5.95 Å². The summed E-state index contributed by atoms with van der Waals surface area (Å²) in [6, 6.07) is 40.2. The zero-order valence-corrected chi connectivity index (χ0v) is 21.8. The van der Waals surface area contributed by atoms with Gasteiger partial charge in [-0.3, -0.25) is 4.57 Å². The lowest BCUT2D eigenvalue weighted by Gasteiger charge is -2.20. The summed E-state index contributed by atoms with van der Waals surface area (Å²) in [4.78, 5) is 10.4. The Morgan fingerprint density at radius 1 is 0.615 bits per heavy atom. The number of nitrogens with zero attached hydrogens (tertiary/aromatic N) is 4. The summed E-state index contributed by atoms with van der Waals surface area (Å²) < 4.78 is 4.66. The zero-order valence-electron chi connectivity index (χ0n) is 21.8. The second-order valence-corrected chi connectivity index (χ2v) is 10.8. The van der Waals surface area contributed by atoms with Gasteiger partial charge in [-0.25, -0.2) is 9.97 Å². The van der Waals surface area contributed by atoms with Crippen LogP contribution in [-0.4, -0.2) is 19.1 Å². The Bertz CT molecular complexity index is 1970. The second-order valence-electron chi connectivity index (χ2n) is 10.8. The monoisotopic (exact) mass is 502 g/mol. The van der Waals surface area contributed by atoms with Gasteiger partial charge in [-0.05, 0) is 23.8 Å². The van der Waals surface area contributed by atoms with Crippen molar-refractivity contribution in [2.24, 2.45) is 0 Å². The standard InChI is InChI=1S/C35H26N4/c1-35(2)27-18-10-12-20-31(27)38-22-26-25-17-9-11-19-30(25)39(32(26)33(35)38)34-36-28(23-13-5-3-6-14-23)21-29(37-34)24-15-7-4-8-16-24/h3-22H,1-2H3. The highest BCUT2D eigenvalue weighted by atomic mass is 15.2. The van der Waals surface area contributed by atoms with Gasteiger partial charge >= 0.3 is 0 Å². The fourth-order valence-electron chi connectivity index (χ4n) is 6.32. The van der Waals surface area contributed by atoms with E-state index >= 15 is 0 Å². The van der Waals surface area contributed by atoms with Crippen molar-refractivity contribution < 1.29 is 0 Å². The van der Waals surface area contributed by atoms with Crippen LogP contribution in [0.1, 0.15) is 25.1 Å². The fourth-order valence-corrected chi connectivity index (χ4v) is 6.32. The first-order chi connectivity index (χ1) is 19.1. The molecule has 4 nitrogen and oxygen atoms in total. The zero-order chi connectivity index (χ0) is 26.1. The molecule has 1 aliphatic rings. The largest absolute Gasteiger partial charge is 0.317 e. The van der Waals surface area contributed by atoms with Gasteiger partial charge < -0.3 is 4.57 Å². The smallest absolute Gasteiger partial charge is 0.235 e. The lowest BCUT2D eigenvalue weighted by atomic mass is 9.83. The first-order valence-corrected chi connectivity index (χ1v) is 13.4. The minimum Gasteiger partial charge on any atom is -0.317 e. The molecule has 0 saturated heterocycles. The van der Waals surface area contributed by atoms with E-state index in [9.17, 15) is 0 Å². The number of benzene rings is 4. The average Bonchev–Trinajstić information content (AvgIpc) is 3.59. The number of para-hydroxylation sites is 2. The molecule has 0 unspecified atom stereocenters. The van der Waals surface area contributed by atoms with Crippen molar-refractivity contribution in [3.63, 3.8) is 0 Å². The van der Waals surface area contributed by atoms with E-state index < -0.39 is 0 Å². The Hall–Kier alpha value is -4.96. The van der Waals surface area contributed by atoms with Crippen molar-refractivity contribution in [2.75, 3.05) is 0 Å². The molecule has 0 radical (unpaired) electrons. The quantitative estimate of drug-likeness (QED) is 0.243. The highest BCUT2D eigenvalue weighted by Gasteiger charge is 2.39. The molecule has 0 atom stereocenters. The molecular weight excluding hydrogens is 476 g/mol. The Balaban J connectivity index is 1.49. The van der Waals surface area contributed by atoms with E-state index in [0.29, 0.717) is 5.95 Å². The Kier molecular flexibility index (Phi) is 4.54. The van der Waals surface area contributed by atoms with Crippen LogP contribution in [0.3, 0.4) is 0 Å². The molecule has 0 aliphatic carbocycles. The van der Waals surface area contributed by atoms with Gasteiger partial charge in [0.15, 0.2) is 0 Å². The molecule has 8 rings (SSSR count). The van der Waals surface area contributed by atoms with Gasteiger partial charge in [-0.2, -0.15) is 0 Å². The molecule has 186 valence electrons. The summed E-state index contributed by atoms with van der Waals surface area (Å²) in [5.41, 5.74) is 9.91. The fraction of sp³-hybridized carbons (Fsp3) is 0.0857. The summed E-state index contributed by atoms with van der Waals surface area (Å²) >= 11 is 0. The third-order valence-electron chi connectivity index (χ3n) is 8.12. The molecule has 39 heavy (non-hydrogen) atoms. The predicted molar refractivity (Wildman–Crippen MR) is 159 cm³/mol. The Labute approximate surface area is 226 Å². The minimum atomic E-state index is -0.177. The van der Waals surface area contributed by atoms with Gasteiger partial charge in [-0.15, -0.1) is 0 Å². The van der Waals surface area contributed by atoms with E-state index in [4.69, 9.17) is 9.97 Å². The third-order valence-corrected chi connectivity index (χ3v) is 8.12. The van der Waals surface area contributed by atoms with E-state index in [-0.39, 0.29) is 5.41 Å². The normalized spacial score (nSPS) is 13.6. The van der Waals surface area contributed by atoms with Crippen LogP contribution in [-0.2, 0) is 5.41 Å². The van der Waals surface area contributed by atoms with E-state index in [1.165, 1.54) is 33.2 Å². The summed E-state index contributed by atoms with van der Waals surface area (Å²) in [7, 11) is 0. The first-order valence-electron chi connectivity index (χ1n) is 13.4. The third kappa shape index (κ3) is 3.12. The number of fused-ring (bicyclic) bond motifs is 7. The van der Waals surface area contributed by atoms with Crippen LogP contribution in [0.5, 0.6) is 0 Å². The Morgan fingerprint density at radius 3 is 1.90 bits per heavy atom. The van der Waals surface area contributed by atoms with E-state index in [1.807, 2.05) is 12.1 Å². The second kappa shape index (κ2) is 8.02. The number of aromatic nitrogens is 4. The molecule has 7 aromatic rings. The van der Waals surface area contributed by atoms with Crippen LogP contribution in [0.4, 0.5) is 0 Å². The number of hydrogen-bond donors (Lipinski definition) is 0. The highest BCUT2D eigenvalue weighted by molar-refractivity contribution is 6.11. The van der Waals surface area contributed by atoms with Gasteiger partial charge in [-0.1, -0.05) is 111 Å². The molecule has 0 fully saturated rings. The molecule has 0 saturated carbocycles. The topological polar surface area (TPSA) is 35.6 Å². The van der Waals surface area contributed by atoms with Crippen molar-refractivity contribution in [3.05, 3.63) is 133 Å². The highest BCUT2D eigenvalue weighted by Crippen LogP contribution is 2.49. The maximum absolute atomic E-state index is 5.22. The van der Waals surface area contributed by atoms with Crippen LogP contribution in [0.25, 0.3) is 56.0 Å². The molecule has 4 aromatic carbocycles. The van der Waals surface area contributed by atoms with Crippen molar-refractivity contribution >= 4 is 21.8 Å². The molecule has 0 spiro atoms. The molecule has 0 N–H and O–H groups in total. The van der Waals surface area contributed by atoms with Gasteiger partial charge in [0.05, 0.1) is 28.1 Å². The lowest BCUT2D eigenvalue weighted by molar-refractivity contribution is 0.645. The molecule has 1 aliphatic heterocycles. The average molecular weight is 503 g/mol. The SMILES string of the molecule is CC1(C)c2ccccc2-n2cc3c4ccccc4n(-c4nc(-c5ccccc5)cc(-c5ccccc5)n4)c3c21. The number of hydrogen-bond acceptors (Lipinski definition) is 2.